The van der Waals surface area contributed by atoms with Gasteiger partial charge >= 0.3 is 5.97 Å². The van der Waals surface area contributed by atoms with E-state index in [-0.39, 0.29) is 44.5 Å². The Balaban J connectivity index is 1.01. The lowest BCUT2D eigenvalue weighted by molar-refractivity contribution is -0.148. The smallest absolute Gasteiger partial charge is 0.325 e. The summed E-state index contributed by atoms with van der Waals surface area (Å²) in [6.45, 7) is 1.96. The molecule has 2 aliphatic heterocycles. The highest BCUT2D eigenvalue weighted by Crippen LogP contribution is 2.28. The molecule has 0 aromatic heterocycles. The highest BCUT2D eigenvalue weighted by atomic mass is 16.5. The second-order valence-electron chi connectivity index (χ2n) is 15.1. The zero-order valence-corrected chi connectivity index (χ0v) is 34.3. The minimum atomic E-state index is -1.06. The van der Waals surface area contributed by atoms with Crippen molar-refractivity contribution in [3.63, 3.8) is 0 Å². The molecule has 0 bridgehead atoms. The van der Waals surface area contributed by atoms with E-state index in [1.807, 2.05) is 115 Å². The maximum Gasteiger partial charge on any atom is 0.325 e. The molecule has 4 aromatic rings. The van der Waals surface area contributed by atoms with E-state index in [0.717, 1.165) is 28.0 Å². The Bertz CT molecular complexity index is 2090. The van der Waals surface area contributed by atoms with Crippen molar-refractivity contribution >= 4 is 35.5 Å². The highest BCUT2D eigenvalue weighted by Gasteiger charge is 2.46. The summed E-state index contributed by atoms with van der Waals surface area (Å²) in [6, 6.07) is 33.3. The lowest BCUT2D eigenvalue weighted by Crippen LogP contribution is -2.56. The first-order valence-corrected chi connectivity index (χ1v) is 20.7. The predicted molar refractivity (Wildman–Crippen MR) is 225 cm³/mol. The molecule has 4 aromatic carbocycles. The molecule has 14 nitrogen and oxygen atoms in total. The summed E-state index contributed by atoms with van der Waals surface area (Å²) in [5.74, 6) is -2.25. The van der Waals surface area contributed by atoms with Crippen molar-refractivity contribution < 1.29 is 43.0 Å². The highest BCUT2D eigenvalue weighted by molar-refractivity contribution is 5.95. The minimum Gasteiger partial charge on any atom is -0.489 e. The van der Waals surface area contributed by atoms with Crippen molar-refractivity contribution in [2.45, 2.75) is 83.1 Å². The van der Waals surface area contributed by atoms with Crippen LogP contribution in [0.15, 0.2) is 115 Å². The summed E-state index contributed by atoms with van der Waals surface area (Å²) in [4.78, 5) is 82.6. The standard InChI is InChI=1S/C47H53N5O9/c1-33(45(56)49-29-43(55)61-32-37-16-9-4-10-17-37)50-41(53)28-48-46(57)44-40(60-31-36-14-7-3-8-15-36)25-27-52(44)47(58)39-18-11-26-51(39)42(54)24-21-34-19-22-38(23-20-34)59-30-35-12-5-2-6-13-35/h2-10,12-17,19-20,22-23,33,39-40,44H,11,18,21,24-32H2,1H3,(H,48,57)(H,49,56)(H,50,53)/t33-,39-,40?,44-/m0/s1. The third-order valence-electron chi connectivity index (χ3n) is 10.7. The number of hydrogen-bond acceptors (Lipinski definition) is 9. The van der Waals surface area contributed by atoms with Gasteiger partial charge in [0.25, 0.3) is 0 Å². The molecular weight excluding hydrogens is 779 g/mol. The van der Waals surface area contributed by atoms with Crippen LogP contribution in [-0.4, -0.2) is 95.7 Å². The van der Waals surface area contributed by atoms with Gasteiger partial charge in [0.2, 0.25) is 29.5 Å². The van der Waals surface area contributed by atoms with E-state index in [0.29, 0.717) is 38.8 Å². The van der Waals surface area contributed by atoms with Crippen LogP contribution >= 0.6 is 0 Å². The third-order valence-corrected chi connectivity index (χ3v) is 10.7. The van der Waals surface area contributed by atoms with Crippen LogP contribution in [-0.2, 0) is 64.5 Å². The first-order chi connectivity index (χ1) is 29.6. The summed E-state index contributed by atoms with van der Waals surface area (Å²) < 4.78 is 17.3. The van der Waals surface area contributed by atoms with Crippen molar-refractivity contribution in [1.82, 2.24) is 25.8 Å². The molecule has 6 rings (SSSR count). The second kappa shape index (κ2) is 22.2. The van der Waals surface area contributed by atoms with Crippen LogP contribution in [0.5, 0.6) is 5.75 Å². The largest absolute Gasteiger partial charge is 0.489 e. The second-order valence-corrected chi connectivity index (χ2v) is 15.1. The van der Waals surface area contributed by atoms with Gasteiger partial charge in [-0.05, 0) is 67.0 Å². The average molecular weight is 832 g/mol. The van der Waals surface area contributed by atoms with E-state index < -0.39 is 54.5 Å². The Morgan fingerprint density at radius 1 is 0.672 bits per heavy atom. The number of ether oxygens (including phenoxy) is 3. The molecule has 2 heterocycles. The molecule has 2 saturated heterocycles. The number of hydrogen-bond donors (Lipinski definition) is 3. The Hall–Kier alpha value is -6.54. The first-order valence-electron chi connectivity index (χ1n) is 20.7. The molecule has 0 radical (unpaired) electrons. The Morgan fingerprint density at radius 2 is 1.30 bits per heavy atom. The van der Waals surface area contributed by atoms with Gasteiger partial charge in [0.05, 0.1) is 19.3 Å². The van der Waals surface area contributed by atoms with Crippen molar-refractivity contribution in [2.24, 2.45) is 0 Å². The van der Waals surface area contributed by atoms with Gasteiger partial charge in [-0.15, -0.1) is 0 Å². The summed E-state index contributed by atoms with van der Waals surface area (Å²) in [6.07, 6.45) is 1.51. The van der Waals surface area contributed by atoms with E-state index in [1.54, 1.807) is 4.90 Å². The molecule has 61 heavy (non-hydrogen) atoms. The number of amides is 5. The number of benzene rings is 4. The van der Waals surface area contributed by atoms with Crippen molar-refractivity contribution in [3.05, 3.63) is 138 Å². The van der Waals surface area contributed by atoms with Gasteiger partial charge < -0.3 is 40.0 Å². The number of rotatable bonds is 19. The van der Waals surface area contributed by atoms with Crippen LogP contribution < -0.4 is 20.7 Å². The quantitative estimate of drug-likeness (QED) is 0.119. The normalized spacial score (nSPS) is 17.6. The maximum atomic E-state index is 14.3. The monoisotopic (exact) mass is 831 g/mol. The molecule has 2 fully saturated rings. The minimum absolute atomic E-state index is 0.0591. The summed E-state index contributed by atoms with van der Waals surface area (Å²) >= 11 is 0. The average Bonchev–Trinajstić information content (AvgIpc) is 3.97. The molecule has 4 atom stereocenters. The number of nitrogens with one attached hydrogen (secondary N) is 3. The molecule has 5 amide bonds. The van der Waals surface area contributed by atoms with Crippen LogP contribution in [0.1, 0.15) is 54.9 Å². The van der Waals surface area contributed by atoms with Crippen LogP contribution in [0.2, 0.25) is 0 Å². The summed E-state index contributed by atoms with van der Waals surface area (Å²) in [5, 5.41) is 7.59. The zero-order valence-electron chi connectivity index (χ0n) is 34.3. The lowest BCUT2D eigenvalue weighted by Gasteiger charge is -2.32. The number of carbonyl (C=O) groups is 6. The predicted octanol–water partition coefficient (Wildman–Crippen LogP) is 3.86. The molecule has 320 valence electrons. The van der Waals surface area contributed by atoms with Crippen LogP contribution in [0, 0.1) is 0 Å². The Labute approximate surface area is 355 Å². The van der Waals surface area contributed by atoms with Gasteiger partial charge in [-0.2, -0.15) is 0 Å². The summed E-state index contributed by atoms with van der Waals surface area (Å²) in [7, 11) is 0. The van der Waals surface area contributed by atoms with Gasteiger partial charge in [-0.3, -0.25) is 28.8 Å². The third kappa shape index (κ3) is 13.0. The van der Waals surface area contributed by atoms with Crippen molar-refractivity contribution in [2.75, 3.05) is 26.2 Å². The molecular formula is C47H53N5O9. The SMILES string of the molecule is C[C@H](NC(=O)CNC(=O)[C@@H]1C(OCc2ccccc2)CCN1C(=O)[C@@H]1CCCN1C(=O)CCc1ccc(OCc2ccccc2)cc1)C(=O)NCC(=O)OCc1ccccc1. The molecule has 0 saturated carbocycles. The molecule has 1 unspecified atom stereocenters. The number of aryl methyl sites for hydroxylation is 1. The van der Waals surface area contributed by atoms with E-state index in [4.69, 9.17) is 14.2 Å². The fraction of sp³-hybridized carbons (Fsp3) is 0.362. The number of likely N-dealkylation sites (tertiary alicyclic amines) is 2. The van der Waals surface area contributed by atoms with E-state index in [9.17, 15) is 28.8 Å². The zero-order chi connectivity index (χ0) is 43.0. The molecule has 0 spiro atoms. The fourth-order valence-corrected chi connectivity index (χ4v) is 7.41. The van der Waals surface area contributed by atoms with Crippen LogP contribution in [0.4, 0.5) is 0 Å². The Morgan fingerprint density at radius 3 is 1.95 bits per heavy atom. The number of carbonyl (C=O) groups excluding carboxylic acids is 6. The topological polar surface area (TPSA) is 173 Å². The van der Waals surface area contributed by atoms with Gasteiger partial charge in [-0.25, -0.2) is 0 Å². The van der Waals surface area contributed by atoms with Gasteiger partial charge in [0.15, 0.2) is 0 Å². The van der Waals surface area contributed by atoms with Crippen LogP contribution in [0.3, 0.4) is 0 Å². The van der Waals surface area contributed by atoms with Gasteiger partial charge in [0, 0.05) is 19.5 Å². The molecule has 0 aliphatic carbocycles. The summed E-state index contributed by atoms with van der Waals surface area (Å²) in [5.41, 5.74) is 3.73. The van der Waals surface area contributed by atoms with Crippen LogP contribution in [0.25, 0.3) is 0 Å². The van der Waals surface area contributed by atoms with E-state index in [2.05, 4.69) is 16.0 Å². The Kier molecular flexibility index (Phi) is 16.0. The van der Waals surface area contributed by atoms with Gasteiger partial charge in [-0.1, -0.05) is 103 Å². The molecule has 2 aliphatic rings. The first kappa shape index (κ1) is 44.0. The number of esters is 1. The van der Waals surface area contributed by atoms with E-state index in [1.165, 1.54) is 11.8 Å². The van der Waals surface area contributed by atoms with Gasteiger partial charge in [0.1, 0.15) is 43.6 Å². The lowest BCUT2D eigenvalue weighted by atomic mass is 10.1. The molecule has 14 heteroatoms. The van der Waals surface area contributed by atoms with E-state index >= 15 is 0 Å². The van der Waals surface area contributed by atoms with Crippen molar-refractivity contribution in [3.8, 4) is 5.75 Å². The fourth-order valence-electron chi connectivity index (χ4n) is 7.41. The van der Waals surface area contributed by atoms with Crippen molar-refractivity contribution in [1.29, 1.82) is 0 Å². The number of nitrogens with zero attached hydrogens (tertiary/aromatic N) is 2. The molecule has 3 N–H and O–H groups in total. The maximum absolute atomic E-state index is 14.3.